The highest BCUT2D eigenvalue weighted by atomic mass is 16.5. The Morgan fingerprint density at radius 2 is 1.86 bits per heavy atom. The number of aromatic hydroxyl groups is 1. The van der Waals surface area contributed by atoms with E-state index in [-0.39, 0.29) is 11.5 Å². The fourth-order valence-corrected chi connectivity index (χ4v) is 6.26. The number of aliphatic hydroxyl groups is 1. The van der Waals surface area contributed by atoms with Crippen molar-refractivity contribution >= 4 is 0 Å². The highest BCUT2D eigenvalue weighted by Crippen LogP contribution is 2.60. The van der Waals surface area contributed by atoms with Crippen LogP contribution < -0.4 is 0 Å². The molecule has 2 fully saturated rings. The van der Waals surface area contributed by atoms with Gasteiger partial charge in [-0.25, -0.2) is 0 Å². The number of benzene rings is 1. The molecule has 2 N–H and O–H groups in total. The Morgan fingerprint density at radius 1 is 1.11 bits per heavy atom. The van der Waals surface area contributed by atoms with Gasteiger partial charge in [0.05, 0.1) is 39.1 Å². The van der Waals surface area contributed by atoms with Gasteiger partial charge in [0.15, 0.2) is 0 Å². The van der Waals surface area contributed by atoms with Crippen LogP contribution in [0.25, 0.3) is 10.4 Å². The number of fused-ring (bicyclic) bond motifs is 5. The van der Waals surface area contributed by atoms with Gasteiger partial charge in [-0.2, -0.15) is 0 Å². The Kier molecular flexibility index (Phi) is 10.7. The maximum absolute atomic E-state index is 10.4. The topological polar surface area (TPSA) is 117 Å². The molecular weight excluding hydrogens is 446 g/mol. The predicted octanol–water partition coefficient (Wildman–Crippen LogP) is 4.59. The maximum atomic E-state index is 10.4. The van der Waals surface area contributed by atoms with E-state index in [4.69, 9.17) is 26.2 Å². The van der Waals surface area contributed by atoms with Gasteiger partial charge in [0.1, 0.15) is 12.4 Å². The lowest BCUT2D eigenvalue weighted by molar-refractivity contribution is -0.0226. The number of azide groups is 1. The Bertz CT molecular complexity index is 897. The minimum Gasteiger partial charge on any atom is -0.508 e. The van der Waals surface area contributed by atoms with E-state index in [2.05, 4.69) is 28.9 Å². The smallest absolute Gasteiger partial charge is 0.115 e. The van der Waals surface area contributed by atoms with Crippen LogP contribution in [0.5, 0.6) is 5.75 Å². The van der Waals surface area contributed by atoms with Crippen LogP contribution in [-0.4, -0.2) is 62.5 Å². The molecule has 192 valence electrons. The largest absolute Gasteiger partial charge is 0.508 e. The van der Waals surface area contributed by atoms with Gasteiger partial charge in [0.25, 0.3) is 0 Å². The second-order valence-electron chi connectivity index (χ2n) is 9.87. The first-order valence-corrected chi connectivity index (χ1v) is 12.7. The first kappa shape index (κ1) is 27.3. The number of phenols is 1. The summed E-state index contributed by atoms with van der Waals surface area (Å²) in [5.41, 5.74) is 11.0. The van der Waals surface area contributed by atoms with Gasteiger partial charge in [-0.05, 0) is 90.5 Å². The molecule has 0 bridgehead atoms. The first-order chi connectivity index (χ1) is 17.0. The molecule has 2 saturated carbocycles. The standard InChI is InChI=1S/C18H24O2.C9H15N3O3/c1-18-9-8-14-13-5-3-12(19)10-11(13)2-4-15(14)16(18)6-7-17(18)20;1-2-4-13-6-8-15-9-7-14-5-3-11-12-10/h3,5,10,14-17,19-20H,2,4,6-9H2,1H3;1H,3-9H2/t14-,15-,16+,17+,18+;/m1./s1. The summed E-state index contributed by atoms with van der Waals surface area (Å²) in [5.74, 6) is 4.85. The van der Waals surface area contributed by atoms with Crippen LogP contribution in [0, 0.1) is 29.6 Å². The summed E-state index contributed by atoms with van der Waals surface area (Å²) < 4.78 is 15.3. The molecule has 4 rings (SSSR count). The van der Waals surface area contributed by atoms with Crippen LogP contribution >= 0.6 is 0 Å². The van der Waals surface area contributed by atoms with Crippen molar-refractivity contribution in [3.63, 3.8) is 0 Å². The molecule has 0 radical (unpaired) electrons. The number of hydrogen-bond donors (Lipinski definition) is 2. The SMILES string of the molecule is C#CCOCCOCCOCCN=[N+]=[N-].C[C@]12CC[C@@H]3c4ccc(O)cc4CC[C@H]3[C@@H]1CC[C@@H]2O. The first-order valence-electron chi connectivity index (χ1n) is 12.7. The van der Waals surface area contributed by atoms with Gasteiger partial charge in [0.2, 0.25) is 0 Å². The van der Waals surface area contributed by atoms with E-state index >= 15 is 0 Å². The number of nitrogens with zero attached hydrogens (tertiary/aromatic N) is 3. The summed E-state index contributed by atoms with van der Waals surface area (Å²) in [4.78, 5) is 2.59. The van der Waals surface area contributed by atoms with Crippen LogP contribution in [-0.2, 0) is 20.6 Å². The molecule has 8 heteroatoms. The zero-order valence-electron chi connectivity index (χ0n) is 20.8. The predicted molar refractivity (Wildman–Crippen MR) is 134 cm³/mol. The van der Waals surface area contributed by atoms with E-state index in [0.717, 1.165) is 25.2 Å². The van der Waals surface area contributed by atoms with Crippen molar-refractivity contribution in [2.24, 2.45) is 22.4 Å². The minimum absolute atomic E-state index is 0.0883. The molecule has 8 nitrogen and oxygen atoms in total. The molecule has 0 unspecified atom stereocenters. The molecule has 35 heavy (non-hydrogen) atoms. The lowest BCUT2D eigenvalue weighted by atomic mass is 9.55. The highest BCUT2D eigenvalue weighted by molar-refractivity contribution is 5.40. The van der Waals surface area contributed by atoms with Gasteiger partial charge in [-0.3, -0.25) is 0 Å². The van der Waals surface area contributed by atoms with Crippen molar-refractivity contribution in [2.75, 3.05) is 46.2 Å². The van der Waals surface area contributed by atoms with Crippen LogP contribution in [0.3, 0.4) is 0 Å². The number of phenolic OH excluding ortho intramolecular Hbond substituents is 1. The van der Waals surface area contributed by atoms with E-state index in [0.29, 0.717) is 63.8 Å². The number of rotatable bonds is 10. The molecule has 0 amide bonds. The second kappa shape index (κ2) is 13.7. The van der Waals surface area contributed by atoms with E-state index in [1.807, 2.05) is 12.1 Å². The molecule has 1 aromatic rings. The molecule has 1 aromatic carbocycles. The van der Waals surface area contributed by atoms with Crippen molar-refractivity contribution in [3.05, 3.63) is 39.8 Å². The summed E-state index contributed by atoms with van der Waals surface area (Å²) in [6.07, 6.45) is 11.8. The lowest BCUT2D eigenvalue weighted by Crippen LogP contribution is -2.43. The number of terminal acetylenes is 1. The number of aliphatic hydroxyl groups excluding tert-OH is 1. The molecule has 0 spiro atoms. The third-order valence-electron chi connectivity index (χ3n) is 7.99. The minimum atomic E-state index is -0.0883. The summed E-state index contributed by atoms with van der Waals surface area (Å²) in [5, 5.41) is 23.4. The highest BCUT2D eigenvalue weighted by Gasteiger charge is 2.54. The molecule has 3 aliphatic rings. The molecule has 0 heterocycles. The number of hydrogen-bond acceptors (Lipinski definition) is 6. The molecule has 3 aliphatic carbocycles. The molecule has 0 aromatic heterocycles. The normalized spacial score (nSPS) is 28.4. The van der Waals surface area contributed by atoms with E-state index in [1.165, 1.54) is 30.4 Å². The van der Waals surface area contributed by atoms with Gasteiger partial charge in [-0.1, -0.05) is 24.0 Å². The summed E-state index contributed by atoms with van der Waals surface area (Å²) in [7, 11) is 0. The van der Waals surface area contributed by atoms with Gasteiger partial charge < -0.3 is 24.4 Å². The third kappa shape index (κ3) is 7.13. The fraction of sp³-hybridized carbons (Fsp3) is 0.704. The van der Waals surface area contributed by atoms with Crippen molar-refractivity contribution in [2.45, 2.75) is 57.5 Å². The second-order valence-corrected chi connectivity index (χ2v) is 9.87. The van der Waals surface area contributed by atoms with Gasteiger partial charge in [0, 0.05) is 11.5 Å². The van der Waals surface area contributed by atoms with Crippen molar-refractivity contribution < 1.29 is 24.4 Å². The molecular formula is C27H39N3O5. The third-order valence-corrected chi connectivity index (χ3v) is 7.99. The van der Waals surface area contributed by atoms with Gasteiger partial charge in [-0.15, -0.1) is 6.42 Å². The molecule has 0 saturated heterocycles. The summed E-state index contributed by atoms with van der Waals surface area (Å²) in [6, 6.07) is 5.96. The summed E-state index contributed by atoms with van der Waals surface area (Å²) in [6.45, 7) is 5.36. The molecule has 5 atom stereocenters. The van der Waals surface area contributed by atoms with Crippen LogP contribution in [0.15, 0.2) is 23.3 Å². The van der Waals surface area contributed by atoms with Crippen LogP contribution in [0.4, 0.5) is 0 Å². The average Bonchev–Trinajstić information content (AvgIpc) is 3.17. The van der Waals surface area contributed by atoms with Crippen LogP contribution in [0.1, 0.15) is 56.1 Å². The Balaban J connectivity index is 0.000000207. The Hall–Kier alpha value is -2.27. The van der Waals surface area contributed by atoms with Gasteiger partial charge >= 0.3 is 0 Å². The van der Waals surface area contributed by atoms with E-state index in [1.54, 1.807) is 0 Å². The van der Waals surface area contributed by atoms with Crippen molar-refractivity contribution in [1.82, 2.24) is 0 Å². The summed E-state index contributed by atoms with van der Waals surface area (Å²) >= 11 is 0. The number of ether oxygens (including phenoxy) is 3. The van der Waals surface area contributed by atoms with E-state index < -0.39 is 0 Å². The average molecular weight is 486 g/mol. The number of aryl methyl sites for hydroxylation is 1. The zero-order chi connectivity index (χ0) is 25.1. The zero-order valence-corrected chi connectivity index (χ0v) is 20.8. The maximum Gasteiger partial charge on any atom is 0.115 e. The lowest BCUT2D eigenvalue weighted by Gasteiger charge is -2.50. The Labute approximate surface area is 208 Å². The molecule has 0 aliphatic heterocycles. The monoisotopic (exact) mass is 485 g/mol. The fourth-order valence-electron chi connectivity index (χ4n) is 6.26. The van der Waals surface area contributed by atoms with E-state index in [9.17, 15) is 10.2 Å². The van der Waals surface area contributed by atoms with Crippen molar-refractivity contribution in [1.29, 1.82) is 0 Å². The Morgan fingerprint density at radius 3 is 2.60 bits per heavy atom. The van der Waals surface area contributed by atoms with Crippen LogP contribution in [0.2, 0.25) is 0 Å². The van der Waals surface area contributed by atoms with Crippen molar-refractivity contribution in [3.8, 4) is 18.1 Å². The quantitative estimate of drug-likeness (QED) is 0.165.